The molecule has 0 aliphatic carbocycles. The fraction of sp³-hybridized carbons (Fsp3) is 0.767. The lowest BCUT2D eigenvalue weighted by atomic mass is 10.3. The molecule has 0 heterocycles. The molecule has 1 aromatic rings. The summed E-state index contributed by atoms with van der Waals surface area (Å²) in [5.74, 6) is 0.612. The maximum Gasteiger partial charge on any atom is 0.221 e. The van der Waals surface area contributed by atoms with Gasteiger partial charge in [0.2, 0.25) is 5.91 Å². The maximum absolute atomic E-state index is 11.0. The Bertz CT molecular complexity index is 747. The fourth-order valence-corrected chi connectivity index (χ4v) is 3.50. The highest BCUT2D eigenvalue weighted by molar-refractivity contribution is 14.1. The van der Waals surface area contributed by atoms with Crippen molar-refractivity contribution in [1.82, 2.24) is 0 Å². The van der Waals surface area contributed by atoms with E-state index in [1.807, 2.05) is 0 Å². The molecule has 14 heteroatoms. The Morgan fingerprint density at radius 1 is 0.477 bits per heavy atom. The van der Waals surface area contributed by atoms with Crippen LogP contribution < -0.4 is 10.1 Å². The van der Waals surface area contributed by atoms with E-state index >= 15 is 0 Å². The minimum absolute atomic E-state index is 0.107. The molecule has 0 aliphatic rings. The van der Waals surface area contributed by atoms with Crippen molar-refractivity contribution in [2.45, 2.75) is 6.92 Å². The van der Waals surface area contributed by atoms with Crippen LogP contribution in [0.2, 0.25) is 0 Å². The van der Waals surface area contributed by atoms with Crippen LogP contribution in [0.4, 0.5) is 5.69 Å². The SMILES string of the molecule is CC(=O)Nc1ccc(OCCOCCOCCOCCOCCOCCOCCOCCOCCOCCOCCI)cc1. The molecule has 44 heavy (non-hydrogen) atoms. The Morgan fingerprint density at radius 2 is 0.750 bits per heavy atom. The third-order valence-corrected chi connectivity index (χ3v) is 5.68. The maximum atomic E-state index is 11.0. The number of ether oxygens (including phenoxy) is 11. The Kier molecular flexibility index (Phi) is 30.8. The van der Waals surface area contributed by atoms with Crippen molar-refractivity contribution in [3.8, 4) is 5.75 Å². The Hall–Kier alpha value is -1.18. The third-order valence-electron chi connectivity index (χ3n) is 5.24. The highest BCUT2D eigenvalue weighted by atomic mass is 127. The predicted molar refractivity (Wildman–Crippen MR) is 173 cm³/mol. The number of carbonyl (C=O) groups excluding carboxylic acids is 1. The van der Waals surface area contributed by atoms with Crippen molar-refractivity contribution in [3.05, 3.63) is 24.3 Å². The van der Waals surface area contributed by atoms with Gasteiger partial charge in [0.05, 0.1) is 132 Å². The van der Waals surface area contributed by atoms with Crippen molar-refractivity contribution >= 4 is 34.2 Å². The summed E-state index contributed by atoms with van der Waals surface area (Å²) < 4.78 is 61.1. The number of benzene rings is 1. The first-order valence-corrected chi connectivity index (χ1v) is 16.6. The van der Waals surface area contributed by atoms with Gasteiger partial charge < -0.3 is 57.4 Å². The minimum Gasteiger partial charge on any atom is -0.491 e. The van der Waals surface area contributed by atoms with E-state index in [1.54, 1.807) is 24.3 Å². The summed E-state index contributed by atoms with van der Waals surface area (Å²) in [6, 6.07) is 7.18. The molecular formula is C30H52INO12. The van der Waals surface area contributed by atoms with E-state index in [1.165, 1.54) is 6.92 Å². The highest BCUT2D eigenvalue weighted by Gasteiger charge is 1.99. The number of rotatable bonds is 34. The van der Waals surface area contributed by atoms with Gasteiger partial charge in [-0.15, -0.1) is 0 Å². The number of anilines is 1. The first-order valence-electron chi connectivity index (χ1n) is 15.1. The van der Waals surface area contributed by atoms with Gasteiger partial charge in [-0.1, -0.05) is 22.6 Å². The number of alkyl halides is 1. The first kappa shape index (κ1) is 40.8. The number of halogens is 1. The molecule has 0 saturated carbocycles. The summed E-state index contributed by atoms with van der Waals surface area (Å²) in [4.78, 5) is 11.0. The van der Waals surface area contributed by atoms with Gasteiger partial charge in [0, 0.05) is 17.0 Å². The molecule has 1 amide bonds. The summed E-state index contributed by atoms with van der Waals surface area (Å²) in [5.41, 5.74) is 0.733. The van der Waals surface area contributed by atoms with E-state index in [0.29, 0.717) is 132 Å². The molecule has 1 aromatic carbocycles. The van der Waals surface area contributed by atoms with Gasteiger partial charge in [-0.05, 0) is 24.3 Å². The van der Waals surface area contributed by atoms with Crippen molar-refractivity contribution in [1.29, 1.82) is 0 Å². The van der Waals surface area contributed by atoms with Crippen LogP contribution in [0.1, 0.15) is 6.92 Å². The summed E-state index contributed by atoms with van der Waals surface area (Å²) in [5, 5.41) is 2.71. The number of carbonyl (C=O) groups is 1. The average molecular weight is 746 g/mol. The molecule has 0 atom stereocenters. The predicted octanol–water partition coefficient (Wildman–Crippen LogP) is 2.62. The van der Waals surface area contributed by atoms with Crippen LogP contribution in [0, 0.1) is 0 Å². The smallest absolute Gasteiger partial charge is 0.221 e. The minimum atomic E-state index is -0.107. The molecule has 0 fully saturated rings. The number of amides is 1. The second kappa shape index (κ2) is 33.2. The normalized spacial score (nSPS) is 11.2. The van der Waals surface area contributed by atoms with Crippen LogP contribution in [0.15, 0.2) is 24.3 Å². The van der Waals surface area contributed by atoms with Gasteiger partial charge in [0.25, 0.3) is 0 Å². The molecule has 0 aliphatic heterocycles. The summed E-state index contributed by atoms with van der Waals surface area (Å²) in [6.45, 7) is 12.5. The topological polar surface area (TPSA) is 131 Å². The molecule has 1 N–H and O–H groups in total. The monoisotopic (exact) mass is 745 g/mol. The van der Waals surface area contributed by atoms with Gasteiger partial charge in [-0.25, -0.2) is 0 Å². The lowest BCUT2D eigenvalue weighted by Crippen LogP contribution is -2.15. The summed E-state index contributed by atoms with van der Waals surface area (Å²) in [6.07, 6.45) is 0. The largest absolute Gasteiger partial charge is 0.491 e. The number of hydrogen-bond acceptors (Lipinski definition) is 12. The molecule has 1 rings (SSSR count). The van der Waals surface area contributed by atoms with Crippen molar-refractivity contribution in [2.24, 2.45) is 0 Å². The fourth-order valence-electron chi connectivity index (χ4n) is 3.19. The Morgan fingerprint density at radius 3 is 1.02 bits per heavy atom. The molecule has 0 unspecified atom stereocenters. The van der Waals surface area contributed by atoms with Gasteiger partial charge in [-0.3, -0.25) is 4.79 Å². The highest BCUT2D eigenvalue weighted by Crippen LogP contribution is 2.15. The van der Waals surface area contributed by atoms with E-state index in [-0.39, 0.29) is 5.91 Å². The zero-order valence-corrected chi connectivity index (χ0v) is 28.3. The Balaban J connectivity index is 1.67. The van der Waals surface area contributed by atoms with Crippen molar-refractivity contribution in [2.75, 3.05) is 148 Å². The molecule has 0 bridgehead atoms. The van der Waals surface area contributed by atoms with Crippen LogP contribution in [-0.4, -0.2) is 149 Å². The van der Waals surface area contributed by atoms with E-state index in [2.05, 4.69) is 27.9 Å². The zero-order chi connectivity index (χ0) is 31.6. The van der Waals surface area contributed by atoms with E-state index < -0.39 is 0 Å². The second-order valence-electron chi connectivity index (χ2n) is 8.87. The van der Waals surface area contributed by atoms with Gasteiger partial charge in [0.15, 0.2) is 0 Å². The molecule has 0 aromatic heterocycles. The van der Waals surface area contributed by atoms with E-state index in [0.717, 1.165) is 22.5 Å². The zero-order valence-electron chi connectivity index (χ0n) is 26.1. The van der Waals surface area contributed by atoms with Gasteiger partial charge in [-0.2, -0.15) is 0 Å². The summed E-state index contributed by atoms with van der Waals surface area (Å²) in [7, 11) is 0. The van der Waals surface area contributed by atoms with Crippen LogP contribution in [0.3, 0.4) is 0 Å². The molecule has 0 radical (unpaired) electrons. The van der Waals surface area contributed by atoms with Crippen LogP contribution >= 0.6 is 22.6 Å². The van der Waals surface area contributed by atoms with Crippen LogP contribution in [0.25, 0.3) is 0 Å². The molecule has 0 spiro atoms. The van der Waals surface area contributed by atoms with Crippen LogP contribution in [-0.2, 0) is 52.2 Å². The first-order chi connectivity index (χ1) is 21.7. The summed E-state index contributed by atoms with van der Waals surface area (Å²) >= 11 is 2.28. The molecular weight excluding hydrogens is 693 g/mol. The molecule has 13 nitrogen and oxygen atoms in total. The van der Waals surface area contributed by atoms with Gasteiger partial charge >= 0.3 is 0 Å². The average Bonchev–Trinajstić information content (AvgIpc) is 3.02. The third kappa shape index (κ3) is 29.5. The Labute approximate surface area is 275 Å². The molecule has 0 saturated heterocycles. The van der Waals surface area contributed by atoms with Crippen molar-refractivity contribution in [3.63, 3.8) is 0 Å². The molecule has 256 valence electrons. The van der Waals surface area contributed by atoms with Crippen molar-refractivity contribution < 1.29 is 56.9 Å². The lowest BCUT2D eigenvalue weighted by Gasteiger charge is -2.09. The standard InChI is InChI=1S/C30H52INO12/c1-28(33)32-29-2-4-30(5-3-29)44-27-26-43-25-24-42-23-22-41-21-20-40-19-18-39-17-16-38-15-14-37-13-12-36-11-10-35-9-8-34-7-6-31/h2-5H,6-27H2,1H3,(H,32,33). The lowest BCUT2D eigenvalue weighted by molar-refractivity contribution is -0.114. The van der Waals surface area contributed by atoms with Gasteiger partial charge in [0.1, 0.15) is 12.4 Å². The number of hydrogen-bond donors (Lipinski definition) is 1. The van der Waals surface area contributed by atoms with E-state index in [9.17, 15) is 4.79 Å². The van der Waals surface area contributed by atoms with E-state index in [4.69, 9.17) is 52.1 Å². The van der Waals surface area contributed by atoms with Crippen LogP contribution in [0.5, 0.6) is 5.75 Å². The quantitative estimate of drug-likeness (QED) is 0.0633. The number of nitrogens with one attached hydrogen (secondary N) is 1. The second-order valence-corrected chi connectivity index (χ2v) is 9.95.